The van der Waals surface area contributed by atoms with Crippen LogP contribution in [0.2, 0.25) is 0 Å². The third-order valence-corrected chi connectivity index (χ3v) is 4.84. The Labute approximate surface area is 119 Å². The van der Waals surface area contributed by atoms with Gasteiger partial charge in [0, 0.05) is 12.8 Å². The molecule has 2 aromatic rings. The number of sulfone groups is 1. The van der Waals surface area contributed by atoms with E-state index in [4.69, 9.17) is 0 Å². The van der Waals surface area contributed by atoms with Crippen LogP contribution in [-0.4, -0.2) is 21.2 Å². The second-order valence-corrected chi connectivity index (χ2v) is 7.20. The van der Waals surface area contributed by atoms with E-state index >= 15 is 0 Å². The predicted octanol–water partition coefficient (Wildman–Crippen LogP) is 2.33. The van der Waals surface area contributed by atoms with Crippen molar-refractivity contribution in [3.8, 4) is 0 Å². The Bertz CT molecular complexity index is 738. The summed E-state index contributed by atoms with van der Waals surface area (Å²) in [7, 11) is -3.17. The van der Waals surface area contributed by atoms with Crippen molar-refractivity contribution in [2.75, 3.05) is 12.8 Å². The number of benzene rings is 2. The summed E-state index contributed by atoms with van der Waals surface area (Å²) in [5, 5.41) is 3.48. The van der Waals surface area contributed by atoms with Gasteiger partial charge in [0.2, 0.25) is 0 Å². The van der Waals surface area contributed by atoms with Crippen LogP contribution in [0.3, 0.4) is 0 Å². The molecule has 0 radical (unpaired) electrons. The molecule has 1 N–H and O–H groups in total. The van der Waals surface area contributed by atoms with Crippen molar-refractivity contribution in [1.82, 2.24) is 5.32 Å². The highest BCUT2D eigenvalue weighted by Gasteiger charge is 2.21. The Balaban J connectivity index is 2.07. The van der Waals surface area contributed by atoms with Gasteiger partial charge in [0.25, 0.3) is 0 Å². The molecule has 0 saturated carbocycles. The minimum Gasteiger partial charge on any atom is -0.306 e. The summed E-state index contributed by atoms with van der Waals surface area (Å²) >= 11 is 0. The Morgan fingerprint density at radius 1 is 1.10 bits per heavy atom. The van der Waals surface area contributed by atoms with Crippen molar-refractivity contribution < 1.29 is 8.42 Å². The molecule has 1 aliphatic heterocycles. The van der Waals surface area contributed by atoms with Crippen molar-refractivity contribution in [3.63, 3.8) is 0 Å². The first-order valence-corrected chi connectivity index (χ1v) is 8.56. The summed E-state index contributed by atoms with van der Waals surface area (Å²) in [6, 6.07) is 15.6. The highest BCUT2D eigenvalue weighted by atomic mass is 32.2. The molecule has 0 aromatic heterocycles. The third kappa shape index (κ3) is 2.49. The van der Waals surface area contributed by atoms with E-state index in [2.05, 4.69) is 17.4 Å². The summed E-state index contributed by atoms with van der Waals surface area (Å²) < 4.78 is 23.4. The topological polar surface area (TPSA) is 46.2 Å². The number of fused-ring (bicyclic) bond motifs is 1. The van der Waals surface area contributed by atoms with Gasteiger partial charge >= 0.3 is 0 Å². The SMILES string of the molecule is CS(=O)(=O)c1cccc([C@@H]2NCCc3ccccc32)c1. The Morgan fingerprint density at radius 3 is 2.70 bits per heavy atom. The monoisotopic (exact) mass is 287 g/mol. The summed E-state index contributed by atoms with van der Waals surface area (Å²) in [6.45, 7) is 0.908. The van der Waals surface area contributed by atoms with Gasteiger partial charge in [-0.2, -0.15) is 0 Å². The molecule has 2 aromatic carbocycles. The average Bonchev–Trinajstić information content (AvgIpc) is 2.46. The van der Waals surface area contributed by atoms with E-state index in [0.717, 1.165) is 18.5 Å². The molecule has 1 aliphatic rings. The summed E-state index contributed by atoms with van der Waals surface area (Å²) in [5.41, 5.74) is 3.57. The van der Waals surface area contributed by atoms with Crippen molar-refractivity contribution >= 4 is 9.84 Å². The first-order valence-electron chi connectivity index (χ1n) is 6.67. The third-order valence-electron chi connectivity index (χ3n) is 3.73. The Kier molecular flexibility index (Phi) is 3.36. The molecule has 20 heavy (non-hydrogen) atoms. The van der Waals surface area contributed by atoms with Gasteiger partial charge in [0.05, 0.1) is 10.9 Å². The molecule has 0 bridgehead atoms. The van der Waals surface area contributed by atoms with E-state index in [1.54, 1.807) is 12.1 Å². The largest absolute Gasteiger partial charge is 0.306 e. The van der Waals surface area contributed by atoms with Gasteiger partial charge in [-0.05, 0) is 35.2 Å². The van der Waals surface area contributed by atoms with Crippen molar-refractivity contribution in [3.05, 3.63) is 65.2 Å². The van der Waals surface area contributed by atoms with Crippen LogP contribution in [0.15, 0.2) is 53.4 Å². The predicted molar refractivity (Wildman–Crippen MR) is 79.5 cm³/mol. The van der Waals surface area contributed by atoms with Gasteiger partial charge in [0.15, 0.2) is 9.84 Å². The zero-order valence-corrected chi connectivity index (χ0v) is 12.2. The van der Waals surface area contributed by atoms with E-state index in [-0.39, 0.29) is 6.04 Å². The molecule has 0 unspecified atom stereocenters. The Hall–Kier alpha value is -1.65. The second kappa shape index (κ2) is 5.04. The molecule has 4 heteroatoms. The zero-order chi connectivity index (χ0) is 14.2. The molecular formula is C16H17NO2S. The van der Waals surface area contributed by atoms with Gasteiger partial charge < -0.3 is 5.32 Å². The van der Waals surface area contributed by atoms with Crippen LogP contribution < -0.4 is 5.32 Å². The summed E-state index contributed by atoms with van der Waals surface area (Å²) in [4.78, 5) is 0.375. The molecule has 3 rings (SSSR count). The molecule has 1 heterocycles. The first kappa shape index (κ1) is 13.3. The van der Waals surface area contributed by atoms with Crippen LogP contribution >= 0.6 is 0 Å². The summed E-state index contributed by atoms with van der Waals surface area (Å²) in [5.74, 6) is 0. The normalized spacial score (nSPS) is 18.6. The lowest BCUT2D eigenvalue weighted by molar-refractivity contribution is 0.566. The molecule has 0 fully saturated rings. The molecule has 104 valence electrons. The van der Waals surface area contributed by atoms with Crippen LogP contribution in [0.1, 0.15) is 22.7 Å². The molecule has 0 saturated heterocycles. The average molecular weight is 287 g/mol. The van der Waals surface area contributed by atoms with Gasteiger partial charge in [-0.25, -0.2) is 8.42 Å². The highest BCUT2D eigenvalue weighted by molar-refractivity contribution is 7.90. The Morgan fingerprint density at radius 2 is 1.90 bits per heavy atom. The van der Waals surface area contributed by atoms with E-state index in [1.165, 1.54) is 17.4 Å². The number of rotatable bonds is 2. The van der Waals surface area contributed by atoms with E-state index < -0.39 is 9.84 Å². The van der Waals surface area contributed by atoms with Crippen LogP contribution in [0.5, 0.6) is 0 Å². The van der Waals surface area contributed by atoms with Crippen molar-refractivity contribution in [2.45, 2.75) is 17.4 Å². The summed E-state index contributed by atoms with van der Waals surface area (Å²) in [6.07, 6.45) is 2.26. The fourth-order valence-electron chi connectivity index (χ4n) is 2.73. The van der Waals surface area contributed by atoms with Gasteiger partial charge in [0.1, 0.15) is 0 Å². The molecule has 0 spiro atoms. The zero-order valence-electron chi connectivity index (χ0n) is 11.3. The van der Waals surface area contributed by atoms with Gasteiger partial charge in [-0.15, -0.1) is 0 Å². The van der Waals surface area contributed by atoms with Crippen LogP contribution in [0.4, 0.5) is 0 Å². The van der Waals surface area contributed by atoms with Crippen LogP contribution in [0, 0.1) is 0 Å². The minimum absolute atomic E-state index is 0.0710. The number of hydrogen-bond acceptors (Lipinski definition) is 3. The maximum atomic E-state index is 11.7. The standard InChI is InChI=1S/C16H17NO2S/c1-20(18,19)14-7-4-6-13(11-14)16-15-8-3-2-5-12(15)9-10-17-16/h2-8,11,16-17H,9-10H2,1H3/t16-/m0/s1. The van der Waals surface area contributed by atoms with E-state index in [0.29, 0.717) is 4.90 Å². The number of nitrogens with one attached hydrogen (secondary N) is 1. The maximum absolute atomic E-state index is 11.7. The fourth-order valence-corrected chi connectivity index (χ4v) is 3.40. The van der Waals surface area contributed by atoms with E-state index in [1.807, 2.05) is 24.3 Å². The van der Waals surface area contributed by atoms with Gasteiger partial charge in [-0.1, -0.05) is 36.4 Å². The van der Waals surface area contributed by atoms with Crippen molar-refractivity contribution in [2.24, 2.45) is 0 Å². The van der Waals surface area contributed by atoms with Gasteiger partial charge in [-0.3, -0.25) is 0 Å². The minimum atomic E-state index is -3.17. The fraction of sp³-hybridized carbons (Fsp3) is 0.250. The molecular weight excluding hydrogens is 270 g/mol. The quantitative estimate of drug-likeness (QED) is 0.922. The smallest absolute Gasteiger partial charge is 0.175 e. The second-order valence-electron chi connectivity index (χ2n) is 5.18. The first-order chi connectivity index (χ1) is 9.55. The van der Waals surface area contributed by atoms with E-state index in [9.17, 15) is 8.42 Å². The lowest BCUT2D eigenvalue weighted by Crippen LogP contribution is -2.30. The molecule has 0 amide bonds. The maximum Gasteiger partial charge on any atom is 0.175 e. The lowest BCUT2D eigenvalue weighted by atomic mass is 9.90. The molecule has 0 aliphatic carbocycles. The van der Waals surface area contributed by atoms with Crippen molar-refractivity contribution in [1.29, 1.82) is 0 Å². The van der Waals surface area contributed by atoms with Crippen LogP contribution in [0.25, 0.3) is 0 Å². The molecule has 1 atom stereocenters. The highest BCUT2D eigenvalue weighted by Crippen LogP contribution is 2.29. The lowest BCUT2D eigenvalue weighted by Gasteiger charge is -2.27. The molecule has 3 nitrogen and oxygen atoms in total. The number of hydrogen-bond donors (Lipinski definition) is 1. The van der Waals surface area contributed by atoms with Crippen LogP contribution in [-0.2, 0) is 16.3 Å².